The third-order valence-electron chi connectivity index (χ3n) is 2.33. The lowest BCUT2D eigenvalue weighted by atomic mass is 10.1. The van der Waals surface area contributed by atoms with Crippen molar-refractivity contribution in [1.82, 2.24) is 0 Å². The Morgan fingerprint density at radius 2 is 1.94 bits per heavy atom. The molecule has 0 aliphatic carbocycles. The van der Waals surface area contributed by atoms with E-state index >= 15 is 0 Å². The summed E-state index contributed by atoms with van der Waals surface area (Å²) in [6, 6.07) is -0.113. The van der Waals surface area contributed by atoms with Gasteiger partial charge in [0.2, 0.25) is 0 Å². The fourth-order valence-corrected chi connectivity index (χ4v) is 1.24. The van der Waals surface area contributed by atoms with Gasteiger partial charge in [0, 0.05) is 26.4 Å². The molecule has 2 atom stereocenters. The predicted octanol–water partition coefficient (Wildman–Crippen LogP) is 0.154. The van der Waals surface area contributed by atoms with Crippen molar-refractivity contribution in [3.05, 3.63) is 0 Å². The molecule has 3 N–H and O–H groups in total. The number of aliphatic hydroxyl groups is 1. The van der Waals surface area contributed by atoms with Crippen molar-refractivity contribution in [3.63, 3.8) is 0 Å². The molecular weight excluding hydrogens is 210 g/mol. The SMILES string of the molecule is CCC(N)C(CO)OCCOCCCOC. The van der Waals surface area contributed by atoms with Crippen molar-refractivity contribution in [3.8, 4) is 0 Å². The Labute approximate surface area is 97.9 Å². The first-order chi connectivity index (χ1) is 7.76. The Kier molecular flexibility index (Phi) is 11.1. The summed E-state index contributed by atoms with van der Waals surface area (Å²) in [7, 11) is 1.67. The molecule has 0 aromatic carbocycles. The standard InChI is InChI=1S/C11H25NO4/c1-3-10(12)11(9-13)16-8-7-15-6-4-5-14-2/h10-11,13H,3-9,12H2,1-2H3. The fourth-order valence-electron chi connectivity index (χ4n) is 1.24. The van der Waals surface area contributed by atoms with Gasteiger partial charge < -0.3 is 25.1 Å². The minimum Gasteiger partial charge on any atom is -0.394 e. The van der Waals surface area contributed by atoms with Gasteiger partial charge in [-0.25, -0.2) is 0 Å². The van der Waals surface area contributed by atoms with Gasteiger partial charge in [0.05, 0.1) is 25.9 Å². The molecule has 0 saturated heterocycles. The van der Waals surface area contributed by atoms with E-state index in [2.05, 4.69) is 0 Å². The monoisotopic (exact) mass is 235 g/mol. The lowest BCUT2D eigenvalue weighted by Gasteiger charge is -2.21. The van der Waals surface area contributed by atoms with Crippen molar-refractivity contribution in [1.29, 1.82) is 0 Å². The summed E-state index contributed by atoms with van der Waals surface area (Å²) in [5.74, 6) is 0. The highest BCUT2D eigenvalue weighted by Gasteiger charge is 2.15. The minimum atomic E-state index is -0.285. The van der Waals surface area contributed by atoms with Crippen LogP contribution < -0.4 is 5.73 Å². The number of hydrogen-bond donors (Lipinski definition) is 2. The maximum absolute atomic E-state index is 9.04. The van der Waals surface area contributed by atoms with E-state index in [-0.39, 0.29) is 18.8 Å². The largest absolute Gasteiger partial charge is 0.394 e. The van der Waals surface area contributed by atoms with Crippen LogP contribution in [0.4, 0.5) is 0 Å². The summed E-state index contributed by atoms with van der Waals surface area (Å²) in [6.45, 7) is 4.29. The van der Waals surface area contributed by atoms with Gasteiger partial charge in [0.15, 0.2) is 0 Å². The molecule has 0 aromatic heterocycles. The summed E-state index contributed by atoms with van der Waals surface area (Å²) >= 11 is 0. The van der Waals surface area contributed by atoms with Crippen molar-refractivity contribution in [2.45, 2.75) is 31.9 Å². The Morgan fingerprint density at radius 3 is 2.50 bits per heavy atom. The van der Waals surface area contributed by atoms with Crippen LogP contribution in [0.5, 0.6) is 0 Å². The second-order valence-electron chi connectivity index (χ2n) is 3.62. The summed E-state index contributed by atoms with van der Waals surface area (Å²) in [5.41, 5.74) is 5.77. The molecule has 0 bridgehead atoms. The molecule has 0 saturated carbocycles. The summed E-state index contributed by atoms with van der Waals surface area (Å²) < 4.78 is 15.6. The van der Waals surface area contributed by atoms with Crippen LogP contribution in [0, 0.1) is 0 Å². The van der Waals surface area contributed by atoms with Crippen molar-refractivity contribution in [2.75, 3.05) is 40.1 Å². The van der Waals surface area contributed by atoms with Gasteiger partial charge in [0.25, 0.3) is 0 Å². The topological polar surface area (TPSA) is 73.9 Å². The Morgan fingerprint density at radius 1 is 1.19 bits per heavy atom. The lowest BCUT2D eigenvalue weighted by Crippen LogP contribution is -2.39. The molecule has 0 fully saturated rings. The molecule has 0 aliphatic rings. The average molecular weight is 235 g/mol. The molecule has 2 unspecified atom stereocenters. The molecule has 0 amide bonds. The van der Waals surface area contributed by atoms with Crippen molar-refractivity contribution >= 4 is 0 Å². The zero-order valence-corrected chi connectivity index (χ0v) is 10.4. The lowest BCUT2D eigenvalue weighted by molar-refractivity contribution is -0.0319. The van der Waals surface area contributed by atoms with E-state index in [1.807, 2.05) is 6.92 Å². The highest BCUT2D eigenvalue weighted by molar-refractivity contribution is 4.70. The van der Waals surface area contributed by atoms with Crippen LogP contribution in [0.3, 0.4) is 0 Å². The second kappa shape index (κ2) is 11.3. The van der Waals surface area contributed by atoms with Gasteiger partial charge in [-0.2, -0.15) is 0 Å². The van der Waals surface area contributed by atoms with Gasteiger partial charge >= 0.3 is 0 Å². The highest BCUT2D eigenvalue weighted by Crippen LogP contribution is 2.00. The normalized spacial score (nSPS) is 15.0. The minimum absolute atomic E-state index is 0.0430. The van der Waals surface area contributed by atoms with Crippen LogP contribution in [0.2, 0.25) is 0 Å². The fraction of sp³-hybridized carbons (Fsp3) is 1.00. The molecule has 16 heavy (non-hydrogen) atoms. The van der Waals surface area contributed by atoms with E-state index in [4.69, 9.17) is 25.1 Å². The van der Waals surface area contributed by atoms with Gasteiger partial charge in [-0.1, -0.05) is 6.92 Å². The van der Waals surface area contributed by atoms with Gasteiger partial charge in [-0.3, -0.25) is 0 Å². The summed E-state index contributed by atoms with van der Waals surface area (Å²) in [5, 5.41) is 9.04. The molecule has 5 heteroatoms. The number of methoxy groups -OCH3 is 1. The van der Waals surface area contributed by atoms with Crippen LogP contribution in [0.15, 0.2) is 0 Å². The van der Waals surface area contributed by atoms with Crippen LogP contribution in [0.25, 0.3) is 0 Å². The molecule has 0 spiro atoms. The number of rotatable bonds is 11. The van der Waals surface area contributed by atoms with Gasteiger partial charge in [-0.05, 0) is 12.8 Å². The number of nitrogens with two attached hydrogens (primary N) is 1. The first-order valence-electron chi connectivity index (χ1n) is 5.81. The second-order valence-corrected chi connectivity index (χ2v) is 3.62. The first-order valence-corrected chi connectivity index (χ1v) is 5.81. The van der Waals surface area contributed by atoms with Crippen LogP contribution in [0.1, 0.15) is 19.8 Å². The van der Waals surface area contributed by atoms with Crippen LogP contribution in [-0.4, -0.2) is 57.4 Å². The first kappa shape index (κ1) is 15.8. The molecule has 0 heterocycles. The van der Waals surface area contributed by atoms with E-state index < -0.39 is 0 Å². The smallest absolute Gasteiger partial charge is 0.0957 e. The molecule has 98 valence electrons. The predicted molar refractivity (Wildman–Crippen MR) is 62.4 cm³/mol. The highest BCUT2D eigenvalue weighted by atomic mass is 16.5. The van der Waals surface area contributed by atoms with E-state index in [1.165, 1.54) is 0 Å². The molecule has 5 nitrogen and oxygen atoms in total. The third-order valence-corrected chi connectivity index (χ3v) is 2.33. The van der Waals surface area contributed by atoms with Crippen molar-refractivity contribution < 1.29 is 19.3 Å². The van der Waals surface area contributed by atoms with Gasteiger partial charge in [-0.15, -0.1) is 0 Å². The van der Waals surface area contributed by atoms with Crippen LogP contribution >= 0.6 is 0 Å². The van der Waals surface area contributed by atoms with E-state index in [0.29, 0.717) is 26.4 Å². The van der Waals surface area contributed by atoms with Gasteiger partial charge in [0.1, 0.15) is 0 Å². The number of ether oxygens (including phenoxy) is 3. The number of aliphatic hydroxyl groups excluding tert-OH is 1. The Hall–Kier alpha value is -0.200. The Balaban J connectivity index is 3.34. The maximum Gasteiger partial charge on any atom is 0.0957 e. The quantitative estimate of drug-likeness (QED) is 0.499. The average Bonchev–Trinajstić information content (AvgIpc) is 2.32. The molecular formula is C11H25NO4. The summed E-state index contributed by atoms with van der Waals surface area (Å²) in [6.07, 6.45) is 1.39. The number of hydrogen-bond acceptors (Lipinski definition) is 5. The maximum atomic E-state index is 9.04. The molecule has 0 aliphatic heterocycles. The van der Waals surface area contributed by atoms with Crippen LogP contribution in [-0.2, 0) is 14.2 Å². The molecule has 0 radical (unpaired) electrons. The van der Waals surface area contributed by atoms with Crippen molar-refractivity contribution in [2.24, 2.45) is 5.73 Å². The third kappa shape index (κ3) is 8.01. The van der Waals surface area contributed by atoms with E-state index in [1.54, 1.807) is 7.11 Å². The zero-order chi connectivity index (χ0) is 12.2. The van der Waals surface area contributed by atoms with E-state index in [9.17, 15) is 0 Å². The zero-order valence-electron chi connectivity index (χ0n) is 10.4. The Bertz CT molecular complexity index is 146. The molecule has 0 rings (SSSR count). The van der Waals surface area contributed by atoms with E-state index in [0.717, 1.165) is 12.8 Å². The molecule has 0 aromatic rings. The summed E-state index contributed by atoms with van der Waals surface area (Å²) in [4.78, 5) is 0.